The van der Waals surface area contributed by atoms with Gasteiger partial charge in [0, 0.05) is 6.92 Å². The van der Waals surface area contributed by atoms with Crippen LogP contribution in [0.15, 0.2) is 24.3 Å². The number of hydrogen-bond acceptors (Lipinski definition) is 3. The van der Waals surface area contributed by atoms with Gasteiger partial charge in [-0.25, -0.2) is 0 Å². The van der Waals surface area contributed by atoms with Crippen molar-refractivity contribution in [2.75, 3.05) is 0 Å². The molecular formula is C12H12O3. The van der Waals surface area contributed by atoms with Crippen molar-refractivity contribution in [2.45, 2.75) is 20.1 Å². The molecule has 1 unspecified atom stereocenters. The Balaban J connectivity index is 2.27. The quantitative estimate of drug-likeness (QED) is 0.742. The van der Waals surface area contributed by atoms with Crippen LogP contribution in [0.25, 0.3) is 6.08 Å². The first-order chi connectivity index (χ1) is 7.20. The summed E-state index contributed by atoms with van der Waals surface area (Å²) in [6.07, 6.45) is 3.13. The summed E-state index contributed by atoms with van der Waals surface area (Å²) in [6, 6.07) is 5.59. The molecule has 0 radical (unpaired) electrons. The van der Waals surface area contributed by atoms with Gasteiger partial charge in [-0.2, -0.15) is 0 Å². The number of benzene rings is 1. The molecule has 0 aromatic heterocycles. The van der Waals surface area contributed by atoms with Crippen LogP contribution in [0.1, 0.15) is 19.4 Å². The van der Waals surface area contributed by atoms with Gasteiger partial charge >= 0.3 is 6.29 Å². The second-order valence-corrected chi connectivity index (χ2v) is 3.38. The van der Waals surface area contributed by atoms with Gasteiger partial charge in [-0.15, -0.1) is 0 Å². The number of carbonyl (C=O) groups excluding carboxylic acids is 1. The van der Waals surface area contributed by atoms with E-state index in [0.717, 1.165) is 5.56 Å². The van der Waals surface area contributed by atoms with Crippen LogP contribution < -0.4 is 9.47 Å². The van der Waals surface area contributed by atoms with Gasteiger partial charge in [-0.1, -0.05) is 18.2 Å². The summed E-state index contributed by atoms with van der Waals surface area (Å²) < 4.78 is 10.7. The maximum Gasteiger partial charge on any atom is 0.300 e. The van der Waals surface area contributed by atoms with Crippen molar-refractivity contribution in [3.8, 4) is 11.5 Å². The summed E-state index contributed by atoms with van der Waals surface area (Å²) in [5.74, 6) is 1.13. The Labute approximate surface area is 88.3 Å². The van der Waals surface area contributed by atoms with Gasteiger partial charge < -0.3 is 9.47 Å². The van der Waals surface area contributed by atoms with Crippen LogP contribution in [0.2, 0.25) is 0 Å². The zero-order valence-corrected chi connectivity index (χ0v) is 8.69. The van der Waals surface area contributed by atoms with Crippen molar-refractivity contribution < 1.29 is 14.3 Å². The van der Waals surface area contributed by atoms with Crippen molar-refractivity contribution >= 4 is 11.9 Å². The maximum absolute atomic E-state index is 11.1. The van der Waals surface area contributed by atoms with E-state index in [0.29, 0.717) is 11.5 Å². The summed E-state index contributed by atoms with van der Waals surface area (Å²) in [7, 11) is 0. The summed E-state index contributed by atoms with van der Waals surface area (Å²) in [6.45, 7) is 3.40. The Hall–Kier alpha value is -1.77. The normalized spacial score (nSPS) is 18.4. The molecule has 15 heavy (non-hydrogen) atoms. The Kier molecular flexibility index (Phi) is 2.46. The molecule has 0 saturated heterocycles. The minimum Gasteiger partial charge on any atom is -0.444 e. The highest BCUT2D eigenvalue weighted by Gasteiger charge is 2.27. The van der Waals surface area contributed by atoms with Crippen molar-refractivity contribution in [3.63, 3.8) is 0 Å². The average molecular weight is 204 g/mol. The predicted octanol–water partition coefficient (Wildman–Crippen LogP) is 2.41. The highest BCUT2D eigenvalue weighted by molar-refractivity contribution is 5.80. The molecular weight excluding hydrogens is 192 g/mol. The predicted molar refractivity (Wildman–Crippen MR) is 56.9 cm³/mol. The number of rotatable bonds is 2. The lowest BCUT2D eigenvalue weighted by Crippen LogP contribution is -2.26. The van der Waals surface area contributed by atoms with Crippen molar-refractivity contribution in [1.29, 1.82) is 0 Å². The highest BCUT2D eigenvalue weighted by atomic mass is 16.7. The molecule has 0 spiro atoms. The Morgan fingerprint density at radius 2 is 2.07 bits per heavy atom. The maximum atomic E-state index is 11.1. The minimum absolute atomic E-state index is 0.126. The van der Waals surface area contributed by atoms with Crippen molar-refractivity contribution in [3.05, 3.63) is 29.8 Å². The molecule has 1 aromatic carbocycles. The van der Waals surface area contributed by atoms with E-state index in [4.69, 9.17) is 9.47 Å². The van der Waals surface area contributed by atoms with E-state index in [1.165, 1.54) is 6.92 Å². The van der Waals surface area contributed by atoms with E-state index in [-0.39, 0.29) is 5.78 Å². The average Bonchev–Trinajstić information content (AvgIpc) is 2.61. The zero-order chi connectivity index (χ0) is 10.8. The van der Waals surface area contributed by atoms with Gasteiger partial charge in [0.1, 0.15) is 0 Å². The number of carbonyl (C=O) groups is 1. The Morgan fingerprint density at radius 3 is 2.73 bits per heavy atom. The Bertz CT molecular complexity index is 421. The van der Waals surface area contributed by atoms with Gasteiger partial charge in [0.25, 0.3) is 0 Å². The van der Waals surface area contributed by atoms with E-state index >= 15 is 0 Å². The van der Waals surface area contributed by atoms with Crippen LogP contribution in [0.3, 0.4) is 0 Å². The largest absolute Gasteiger partial charge is 0.444 e. The molecule has 0 fully saturated rings. The summed E-state index contributed by atoms with van der Waals surface area (Å²) >= 11 is 0. The molecule has 3 nitrogen and oxygen atoms in total. The summed E-state index contributed by atoms with van der Waals surface area (Å²) in [4.78, 5) is 11.1. The second kappa shape index (κ2) is 3.77. The number of ketones is 1. The van der Waals surface area contributed by atoms with E-state index in [2.05, 4.69) is 0 Å². The smallest absolute Gasteiger partial charge is 0.300 e. The molecule has 1 aliphatic heterocycles. The molecule has 0 aliphatic carbocycles. The fourth-order valence-corrected chi connectivity index (χ4v) is 1.43. The number of ether oxygens (including phenoxy) is 2. The molecule has 0 saturated carbocycles. The van der Waals surface area contributed by atoms with E-state index in [9.17, 15) is 4.79 Å². The van der Waals surface area contributed by atoms with Gasteiger partial charge in [0.15, 0.2) is 11.5 Å². The fourth-order valence-electron chi connectivity index (χ4n) is 1.43. The monoisotopic (exact) mass is 204 g/mol. The zero-order valence-electron chi connectivity index (χ0n) is 8.69. The third-order valence-corrected chi connectivity index (χ3v) is 2.13. The van der Waals surface area contributed by atoms with Crippen LogP contribution in [0.4, 0.5) is 0 Å². The lowest BCUT2D eigenvalue weighted by molar-refractivity contribution is -0.132. The van der Waals surface area contributed by atoms with Gasteiger partial charge in [-0.05, 0) is 24.6 Å². The van der Waals surface area contributed by atoms with Crippen molar-refractivity contribution in [2.24, 2.45) is 0 Å². The molecule has 1 aromatic rings. The second-order valence-electron chi connectivity index (χ2n) is 3.38. The van der Waals surface area contributed by atoms with E-state index < -0.39 is 6.29 Å². The van der Waals surface area contributed by atoms with Crippen LogP contribution in [-0.4, -0.2) is 12.1 Å². The number of fused-ring (bicyclic) bond motifs is 1. The topological polar surface area (TPSA) is 35.5 Å². The van der Waals surface area contributed by atoms with Crippen LogP contribution in [0, 0.1) is 0 Å². The molecule has 0 amide bonds. The van der Waals surface area contributed by atoms with E-state index in [1.54, 1.807) is 0 Å². The highest BCUT2D eigenvalue weighted by Crippen LogP contribution is 2.35. The fraction of sp³-hybridized carbons (Fsp3) is 0.250. The third-order valence-electron chi connectivity index (χ3n) is 2.13. The van der Waals surface area contributed by atoms with Crippen molar-refractivity contribution in [1.82, 2.24) is 0 Å². The summed E-state index contributed by atoms with van der Waals surface area (Å²) in [5.41, 5.74) is 1.03. The lowest BCUT2D eigenvalue weighted by Gasteiger charge is -2.03. The van der Waals surface area contributed by atoms with Gasteiger partial charge in [0.2, 0.25) is 5.78 Å². The summed E-state index contributed by atoms with van der Waals surface area (Å²) in [5, 5.41) is 0. The molecule has 1 aliphatic rings. The standard InChI is InChI=1S/C12H12O3/c1-3-4-9-5-6-10-11(7-9)15-12(14-10)8(2)13/h3-7,12H,1-2H3/b4-3-. The molecule has 78 valence electrons. The number of allylic oxidation sites excluding steroid dienone is 1. The first kappa shape index (κ1) is 9.77. The molecule has 0 N–H and O–H groups in total. The molecule has 2 rings (SSSR count). The molecule has 1 atom stereocenters. The van der Waals surface area contributed by atoms with Crippen LogP contribution in [-0.2, 0) is 4.79 Å². The number of Topliss-reactive ketones (excluding diaryl/α,β-unsaturated/α-hetero) is 1. The SMILES string of the molecule is C/C=C\c1ccc2c(c1)OC(C(C)=O)O2. The Morgan fingerprint density at radius 1 is 1.33 bits per heavy atom. The lowest BCUT2D eigenvalue weighted by atomic mass is 10.2. The van der Waals surface area contributed by atoms with Crippen LogP contribution in [0.5, 0.6) is 11.5 Å². The van der Waals surface area contributed by atoms with Gasteiger partial charge in [0.05, 0.1) is 0 Å². The molecule has 0 bridgehead atoms. The van der Waals surface area contributed by atoms with Crippen LogP contribution >= 0.6 is 0 Å². The van der Waals surface area contributed by atoms with Gasteiger partial charge in [-0.3, -0.25) is 4.79 Å². The van der Waals surface area contributed by atoms with E-state index in [1.807, 2.05) is 37.3 Å². The minimum atomic E-state index is -0.777. The number of hydrogen-bond donors (Lipinski definition) is 0. The third kappa shape index (κ3) is 1.86. The first-order valence-corrected chi connectivity index (χ1v) is 4.81. The first-order valence-electron chi connectivity index (χ1n) is 4.81. The molecule has 3 heteroatoms. The molecule has 1 heterocycles.